The Morgan fingerprint density at radius 2 is 1.96 bits per heavy atom. The van der Waals surface area contributed by atoms with Gasteiger partial charge in [0, 0.05) is 25.1 Å². The van der Waals surface area contributed by atoms with Crippen molar-refractivity contribution in [2.24, 2.45) is 0 Å². The minimum absolute atomic E-state index is 0.0290. The smallest absolute Gasteiger partial charge is 0.251 e. The summed E-state index contributed by atoms with van der Waals surface area (Å²) in [6.45, 7) is 3.42. The Kier molecular flexibility index (Phi) is 5.50. The quantitative estimate of drug-likeness (QED) is 0.798. The van der Waals surface area contributed by atoms with Crippen LogP contribution >= 0.6 is 11.3 Å². The third-order valence-corrected chi connectivity index (χ3v) is 5.27. The first kappa shape index (κ1) is 17.6. The number of amides is 2. The van der Waals surface area contributed by atoms with E-state index >= 15 is 0 Å². The van der Waals surface area contributed by atoms with E-state index in [2.05, 4.69) is 0 Å². The van der Waals surface area contributed by atoms with E-state index in [1.807, 2.05) is 48.7 Å². The molecule has 1 aromatic heterocycles. The van der Waals surface area contributed by atoms with Crippen molar-refractivity contribution >= 4 is 23.2 Å². The van der Waals surface area contributed by atoms with Crippen molar-refractivity contribution in [2.75, 3.05) is 26.8 Å². The molecule has 1 unspecified atom stereocenters. The van der Waals surface area contributed by atoms with Gasteiger partial charge in [-0.1, -0.05) is 35.9 Å². The van der Waals surface area contributed by atoms with E-state index in [0.29, 0.717) is 19.7 Å². The number of nitrogens with zero attached hydrogens (tertiary/aromatic N) is 2. The van der Waals surface area contributed by atoms with Gasteiger partial charge in [0.15, 0.2) is 0 Å². The molecule has 0 bridgehead atoms. The lowest BCUT2D eigenvalue weighted by Crippen LogP contribution is -2.55. The maximum Gasteiger partial charge on any atom is 0.251 e. The fourth-order valence-electron chi connectivity index (χ4n) is 3.00. The fourth-order valence-corrected chi connectivity index (χ4v) is 3.82. The van der Waals surface area contributed by atoms with Crippen LogP contribution in [0.15, 0.2) is 41.8 Å². The third-order valence-electron chi connectivity index (χ3n) is 4.35. The second-order valence-electron chi connectivity index (χ2n) is 6.18. The first-order chi connectivity index (χ1) is 12.1. The number of methoxy groups -OCH3 is 1. The molecule has 1 aliphatic heterocycles. The second-order valence-corrected chi connectivity index (χ2v) is 7.16. The van der Waals surface area contributed by atoms with Crippen molar-refractivity contribution in [3.63, 3.8) is 0 Å². The molecular formula is C19H22N2O3S. The predicted octanol–water partition coefficient (Wildman–Crippen LogP) is 2.62. The summed E-state index contributed by atoms with van der Waals surface area (Å²) < 4.78 is 5.11. The molecular weight excluding hydrogens is 336 g/mol. The van der Waals surface area contributed by atoms with E-state index < -0.39 is 6.04 Å². The molecule has 2 amide bonds. The number of aryl methyl sites for hydroxylation is 1. The maximum atomic E-state index is 13.1. The Balaban J connectivity index is 1.84. The first-order valence-electron chi connectivity index (χ1n) is 8.26. The number of rotatable bonds is 6. The van der Waals surface area contributed by atoms with Gasteiger partial charge < -0.3 is 14.5 Å². The van der Waals surface area contributed by atoms with E-state index in [1.165, 1.54) is 16.9 Å². The molecule has 0 N–H and O–H groups in total. The number of hydrogen-bond donors (Lipinski definition) is 0. The van der Waals surface area contributed by atoms with Gasteiger partial charge in [-0.05, 0) is 23.9 Å². The molecule has 5 nitrogen and oxygen atoms in total. The molecule has 132 valence electrons. The molecule has 25 heavy (non-hydrogen) atoms. The lowest BCUT2D eigenvalue weighted by atomic mass is 10.1. The molecule has 2 aromatic rings. The number of carbonyl (C=O) groups excluding carboxylic acids is 2. The van der Waals surface area contributed by atoms with Crippen LogP contribution in [0, 0.1) is 6.92 Å². The molecule has 1 saturated heterocycles. The number of hydrogen-bond acceptors (Lipinski definition) is 4. The molecule has 1 aromatic carbocycles. The molecule has 2 heterocycles. The van der Waals surface area contributed by atoms with Crippen LogP contribution < -0.4 is 0 Å². The van der Waals surface area contributed by atoms with Gasteiger partial charge in [-0.2, -0.15) is 0 Å². The zero-order valence-electron chi connectivity index (χ0n) is 14.5. The minimum atomic E-state index is -0.554. The first-order valence-corrected chi connectivity index (χ1v) is 9.14. The Morgan fingerprint density at radius 3 is 2.60 bits per heavy atom. The average Bonchev–Trinajstić information content (AvgIpc) is 3.12. The van der Waals surface area contributed by atoms with Gasteiger partial charge in [0.1, 0.15) is 12.6 Å². The summed E-state index contributed by atoms with van der Waals surface area (Å²) in [7, 11) is 1.60. The highest BCUT2D eigenvalue weighted by Gasteiger charge is 2.40. The molecule has 0 spiro atoms. The molecule has 0 aliphatic carbocycles. The van der Waals surface area contributed by atoms with E-state index in [-0.39, 0.29) is 18.4 Å². The van der Waals surface area contributed by atoms with Crippen LogP contribution in [0.4, 0.5) is 0 Å². The van der Waals surface area contributed by atoms with Crippen molar-refractivity contribution in [1.82, 2.24) is 9.80 Å². The Hall–Kier alpha value is -2.18. The largest absolute Gasteiger partial charge is 0.383 e. The molecule has 0 saturated carbocycles. The Bertz CT molecular complexity index is 728. The Labute approximate surface area is 151 Å². The average molecular weight is 358 g/mol. The normalized spacial score (nSPS) is 18.1. The van der Waals surface area contributed by atoms with Gasteiger partial charge in [-0.15, -0.1) is 11.3 Å². The van der Waals surface area contributed by atoms with Crippen molar-refractivity contribution in [3.8, 4) is 0 Å². The van der Waals surface area contributed by atoms with E-state index in [1.54, 1.807) is 16.9 Å². The second kappa shape index (κ2) is 7.80. The lowest BCUT2D eigenvalue weighted by Gasteiger charge is -2.40. The summed E-state index contributed by atoms with van der Waals surface area (Å²) in [5, 5.41) is 1.93. The highest BCUT2D eigenvalue weighted by Crippen LogP contribution is 2.31. The third kappa shape index (κ3) is 3.91. The molecule has 1 aliphatic rings. The van der Waals surface area contributed by atoms with Crippen LogP contribution in [-0.4, -0.2) is 48.4 Å². The van der Waals surface area contributed by atoms with E-state index in [0.717, 1.165) is 10.4 Å². The molecule has 1 atom stereocenters. The highest BCUT2D eigenvalue weighted by atomic mass is 32.1. The summed E-state index contributed by atoms with van der Waals surface area (Å²) in [4.78, 5) is 30.0. The maximum absolute atomic E-state index is 13.1. The summed E-state index contributed by atoms with van der Waals surface area (Å²) in [5.41, 5.74) is 2.20. The fraction of sp³-hybridized carbons (Fsp3) is 0.368. The van der Waals surface area contributed by atoms with Crippen LogP contribution in [0.3, 0.4) is 0 Å². The Morgan fingerprint density at radius 1 is 1.20 bits per heavy atom. The standard InChI is InChI=1S/C19H22N2O3S/c1-14-5-7-15(8-6-14)12-20-13-17(22)21(9-10-24-2)18(19(20)23)16-4-3-11-25-16/h3-8,11,18H,9-10,12-13H2,1-2H3. The summed E-state index contributed by atoms with van der Waals surface area (Å²) in [5.74, 6) is -0.0686. The molecule has 1 fully saturated rings. The van der Waals surface area contributed by atoms with Crippen LogP contribution in [0.2, 0.25) is 0 Å². The van der Waals surface area contributed by atoms with Gasteiger partial charge in [-0.25, -0.2) is 0 Å². The molecule has 3 rings (SSSR count). The highest BCUT2D eigenvalue weighted by molar-refractivity contribution is 7.10. The van der Waals surface area contributed by atoms with E-state index in [9.17, 15) is 9.59 Å². The monoisotopic (exact) mass is 358 g/mol. The summed E-state index contributed by atoms with van der Waals surface area (Å²) >= 11 is 1.50. The molecule has 6 heteroatoms. The summed E-state index contributed by atoms with van der Waals surface area (Å²) in [6.07, 6.45) is 0. The SMILES string of the molecule is COCCN1C(=O)CN(Cc2ccc(C)cc2)C(=O)C1c1cccs1. The van der Waals surface area contributed by atoms with Crippen molar-refractivity contribution < 1.29 is 14.3 Å². The van der Waals surface area contributed by atoms with Crippen LogP contribution in [-0.2, 0) is 20.9 Å². The topological polar surface area (TPSA) is 49.9 Å². The zero-order chi connectivity index (χ0) is 17.8. The number of ether oxygens (including phenoxy) is 1. The zero-order valence-corrected chi connectivity index (χ0v) is 15.3. The van der Waals surface area contributed by atoms with Gasteiger partial charge in [-0.3, -0.25) is 9.59 Å². The van der Waals surface area contributed by atoms with Crippen molar-refractivity contribution in [3.05, 3.63) is 57.8 Å². The van der Waals surface area contributed by atoms with E-state index in [4.69, 9.17) is 4.74 Å². The van der Waals surface area contributed by atoms with Gasteiger partial charge in [0.05, 0.1) is 6.61 Å². The van der Waals surface area contributed by atoms with Crippen molar-refractivity contribution in [2.45, 2.75) is 19.5 Å². The van der Waals surface area contributed by atoms with Gasteiger partial charge in [0.25, 0.3) is 5.91 Å². The van der Waals surface area contributed by atoms with Crippen molar-refractivity contribution in [1.29, 1.82) is 0 Å². The van der Waals surface area contributed by atoms with Crippen LogP contribution in [0.25, 0.3) is 0 Å². The summed E-state index contributed by atoms with van der Waals surface area (Å²) in [6, 6.07) is 11.3. The predicted molar refractivity (Wildman–Crippen MR) is 97.2 cm³/mol. The van der Waals surface area contributed by atoms with Gasteiger partial charge in [0.2, 0.25) is 5.91 Å². The molecule has 0 radical (unpaired) electrons. The van der Waals surface area contributed by atoms with Crippen LogP contribution in [0.5, 0.6) is 0 Å². The minimum Gasteiger partial charge on any atom is -0.383 e. The lowest BCUT2D eigenvalue weighted by molar-refractivity contribution is -0.157. The van der Waals surface area contributed by atoms with Gasteiger partial charge >= 0.3 is 0 Å². The number of carbonyl (C=O) groups is 2. The number of thiophene rings is 1. The van der Waals surface area contributed by atoms with Crippen LogP contribution in [0.1, 0.15) is 22.0 Å². The number of benzene rings is 1. The number of piperazine rings is 1.